The molecule has 134 valence electrons. The zero-order valence-corrected chi connectivity index (χ0v) is 15.1. The summed E-state index contributed by atoms with van der Waals surface area (Å²) in [4.78, 5) is 16.9. The first-order valence-electron chi connectivity index (χ1n) is 9.55. The second-order valence-electron chi connectivity index (χ2n) is 7.83. The van der Waals surface area contributed by atoms with Gasteiger partial charge in [0.25, 0.3) is 5.91 Å². The number of aryl methyl sites for hydroxylation is 1. The highest BCUT2D eigenvalue weighted by Gasteiger charge is 2.36. The van der Waals surface area contributed by atoms with Crippen molar-refractivity contribution in [2.24, 2.45) is 17.8 Å². The highest BCUT2D eigenvalue weighted by Crippen LogP contribution is 2.43. The molecule has 25 heavy (non-hydrogen) atoms. The first-order chi connectivity index (χ1) is 12.2. The van der Waals surface area contributed by atoms with Crippen molar-refractivity contribution in [1.82, 2.24) is 9.80 Å². The maximum absolute atomic E-state index is 12.4. The van der Waals surface area contributed by atoms with E-state index in [0.29, 0.717) is 0 Å². The summed E-state index contributed by atoms with van der Waals surface area (Å²) in [6, 6.07) is 7.86. The number of allylic oxidation sites excluding steroid dienone is 2. The Bertz CT molecular complexity index is 649. The molecule has 2 fully saturated rings. The molecule has 0 spiro atoms. The van der Waals surface area contributed by atoms with Crippen LogP contribution in [0, 0.1) is 24.7 Å². The molecular formula is C21H28N2O2. The largest absolute Gasteiger partial charge is 0.484 e. The van der Waals surface area contributed by atoms with Gasteiger partial charge in [0.05, 0.1) is 0 Å². The number of carbonyl (C=O) groups excluding carboxylic acids is 1. The van der Waals surface area contributed by atoms with Crippen molar-refractivity contribution in [3.63, 3.8) is 0 Å². The third-order valence-corrected chi connectivity index (χ3v) is 5.99. The summed E-state index contributed by atoms with van der Waals surface area (Å²) in [6.45, 7) is 7.01. The van der Waals surface area contributed by atoms with Gasteiger partial charge in [0, 0.05) is 32.7 Å². The Balaban J connectivity index is 1.20. The Morgan fingerprint density at radius 3 is 2.68 bits per heavy atom. The van der Waals surface area contributed by atoms with Gasteiger partial charge in [0.1, 0.15) is 5.75 Å². The van der Waals surface area contributed by atoms with E-state index < -0.39 is 0 Å². The number of carbonyl (C=O) groups is 1. The standard InChI is InChI=1S/C21H28N2O2/c1-16-3-2-4-20(11-16)25-15-21(24)23-9-7-22(8-10-23)14-19-13-17-5-6-18(19)12-17/h2-6,11,17-19H,7-10,12-15H2,1H3/t17-,18+,19-/m0/s1. The van der Waals surface area contributed by atoms with Crippen molar-refractivity contribution < 1.29 is 9.53 Å². The van der Waals surface area contributed by atoms with Crippen LogP contribution >= 0.6 is 0 Å². The molecule has 0 radical (unpaired) electrons. The molecule has 0 aromatic heterocycles. The van der Waals surface area contributed by atoms with Crippen molar-refractivity contribution in [2.75, 3.05) is 39.3 Å². The topological polar surface area (TPSA) is 32.8 Å². The van der Waals surface area contributed by atoms with E-state index in [-0.39, 0.29) is 12.5 Å². The van der Waals surface area contributed by atoms with E-state index in [1.54, 1.807) is 0 Å². The van der Waals surface area contributed by atoms with Gasteiger partial charge < -0.3 is 9.64 Å². The third kappa shape index (κ3) is 3.90. The van der Waals surface area contributed by atoms with Crippen LogP contribution in [-0.4, -0.2) is 55.0 Å². The molecule has 2 bridgehead atoms. The second kappa shape index (κ2) is 7.20. The molecule has 3 aliphatic rings. The Morgan fingerprint density at radius 2 is 2.00 bits per heavy atom. The van der Waals surface area contributed by atoms with Gasteiger partial charge in [-0.25, -0.2) is 0 Å². The first kappa shape index (κ1) is 16.6. The van der Waals surface area contributed by atoms with Crippen LogP contribution in [0.15, 0.2) is 36.4 Å². The van der Waals surface area contributed by atoms with Crippen LogP contribution in [0.3, 0.4) is 0 Å². The van der Waals surface area contributed by atoms with E-state index in [0.717, 1.165) is 55.2 Å². The fourth-order valence-electron chi connectivity index (χ4n) is 4.56. The molecule has 0 N–H and O–H groups in total. The lowest BCUT2D eigenvalue weighted by Crippen LogP contribution is -2.51. The minimum Gasteiger partial charge on any atom is -0.484 e. The van der Waals surface area contributed by atoms with E-state index in [1.165, 1.54) is 19.4 Å². The van der Waals surface area contributed by atoms with Gasteiger partial charge in [-0.05, 0) is 55.2 Å². The molecule has 0 unspecified atom stereocenters. The monoisotopic (exact) mass is 340 g/mol. The van der Waals surface area contributed by atoms with Crippen LogP contribution in [0.2, 0.25) is 0 Å². The summed E-state index contributed by atoms with van der Waals surface area (Å²) < 4.78 is 5.66. The zero-order chi connectivity index (χ0) is 17.2. The predicted octanol–water partition coefficient (Wildman–Crippen LogP) is 2.73. The molecule has 4 heteroatoms. The van der Waals surface area contributed by atoms with Crippen LogP contribution in [-0.2, 0) is 4.79 Å². The Morgan fingerprint density at radius 1 is 1.16 bits per heavy atom. The SMILES string of the molecule is Cc1cccc(OCC(=O)N2CCN(C[C@@H]3C[C@H]4C=C[C@@H]3C4)CC2)c1. The van der Waals surface area contributed by atoms with Crippen LogP contribution in [0.4, 0.5) is 0 Å². The molecule has 1 saturated heterocycles. The molecule has 3 atom stereocenters. The highest BCUT2D eigenvalue weighted by molar-refractivity contribution is 5.77. The maximum Gasteiger partial charge on any atom is 0.260 e. The highest BCUT2D eigenvalue weighted by atomic mass is 16.5. The quantitative estimate of drug-likeness (QED) is 0.773. The maximum atomic E-state index is 12.4. The second-order valence-corrected chi connectivity index (χ2v) is 7.83. The number of hydrogen-bond donors (Lipinski definition) is 0. The molecule has 1 aliphatic heterocycles. The summed E-state index contributed by atoms with van der Waals surface area (Å²) in [5.41, 5.74) is 1.15. The number of hydrogen-bond acceptors (Lipinski definition) is 3. The van der Waals surface area contributed by atoms with Gasteiger partial charge in [-0.15, -0.1) is 0 Å². The van der Waals surface area contributed by atoms with E-state index in [2.05, 4.69) is 17.1 Å². The number of rotatable bonds is 5. The van der Waals surface area contributed by atoms with Gasteiger partial charge in [-0.3, -0.25) is 9.69 Å². The Labute approximate surface area is 150 Å². The van der Waals surface area contributed by atoms with Crippen molar-refractivity contribution in [3.8, 4) is 5.75 Å². The molecule has 1 heterocycles. The van der Waals surface area contributed by atoms with Gasteiger partial charge in [0.2, 0.25) is 0 Å². The molecule has 1 saturated carbocycles. The Hall–Kier alpha value is -1.81. The van der Waals surface area contributed by atoms with Crippen LogP contribution in [0.25, 0.3) is 0 Å². The summed E-state index contributed by atoms with van der Waals surface area (Å²) in [5.74, 6) is 3.37. The summed E-state index contributed by atoms with van der Waals surface area (Å²) in [6.07, 6.45) is 7.58. The Kier molecular flexibility index (Phi) is 4.80. The van der Waals surface area contributed by atoms with Crippen molar-refractivity contribution in [1.29, 1.82) is 0 Å². The first-order valence-corrected chi connectivity index (χ1v) is 9.55. The minimum atomic E-state index is 0.101. The molecule has 1 aromatic rings. The fraction of sp³-hybridized carbons (Fsp3) is 0.571. The predicted molar refractivity (Wildman–Crippen MR) is 98.5 cm³/mol. The van der Waals surface area contributed by atoms with Crippen LogP contribution in [0.5, 0.6) is 5.75 Å². The van der Waals surface area contributed by atoms with E-state index in [4.69, 9.17) is 4.74 Å². The minimum absolute atomic E-state index is 0.101. The normalized spacial score (nSPS) is 28.5. The van der Waals surface area contributed by atoms with Crippen molar-refractivity contribution in [2.45, 2.75) is 19.8 Å². The number of fused-ring (bicyclic) bond motifs is 2. The summed E-state index contributed by atoms with van der Waals surface area (Å²) >= 11 is 0. The molecule has 2 aliphatic carbocycles. The lowest BCUT2D eigenvalue weighted by atomic mass is 9.93. The van der Waals surface area contributed by atoms with E-state index >= 15 is 0 Å². The fourth-order valence-corrected chi connectivity index (χ4v) is 4.56. The lowest BCUT2D eigenvalue weighted by Gasteiger charge is -2.36. The zero-order valence-electron chi connectivity index (χ0n) is 15.1. The average molecular weight is 340 g/mol. The number of piperazine rings is 1. The number of nitrogens with zero attached hydrogens (tertiary/aromatic N) is 2. The number of ether oxygens (including phenoxy) is 1. The van der Waals surface area contributed by atoms with Gasteiger partial charge >= 0.3 is 0 Å². The van der Waals surface area contributed by atoms with E-state index in [1.807, 2.05) is 36.1 Å². The number of benzene rings is 1. The smallest absolute Gasteiger partial charge is 0.260 e. The molecular weight excluding hydrogens is 312 g/mol. The van der Waals surface area contributed by atoms with E-state index in [9.17, 15) is 4.79 Å². The number of amides is 1. The third-order valence-electron chi connectivity index (χ3n) is 5.99. The van der Waals surface area contributed by atoms with Crippen molar-refractivity contribution >= 4 is 5.91 Å². The van der Waals surface area contributed by atoms with Gasteiger partial charge in [0.15, 0.2) is 6.61 Å². The van der Waals surface area contributed by atoms with Crippen LogP contribution in [0.1, 0.15) is 18.4 Å². The average Bonchev–Trinajstić information content (AvgIpc) is 3.23. The molecule has 1 aromatic carbocycles. The molecule has 1 amide bonds. The van der Waals surface area contributed by atoms with Crippen molar-refractivity contribution in [3.05, 3.63) is 42.0 Å². The van der Waals surface area contributed by atoms with Gasteiger partial charge in [-0.1, -0.05) is 24.3 Å². The summed E-state index contributed by atoms with van der Waals surface area (Å²) in [7, 11) is 0. The molecule has 4 rings (SSSR count). The molecule has 4 nitrogen and oxygen atoms in total. The van der Waals surface area contributed by atoms with Gasteiger partial charge in [-0.2, -0.15) is 0 Å². The summed E-state index contributed by atoms with van der Waals surface area (Å²) in [5, 5.41) is 0. The van der Waals surface area contributed by atoms with Crippen LogP contribution < -0.4 is 4.74 Å². The lowest BCUT2D eigenvalue weighted by molar-refractivity contribution is -0.135.